The Morgan fingerprint density at radius 1 is 1.14 bits per heavy atom. The summed E-state index contributed by atoms with van der Waals surface area (Å²) in [7, 11) is 0. The number of aliphatic hydroxyl groups is 1. The van der Waals surface area contributed by atoms with Crippen LogP contribution in [0.15, 0.2) is 0 Å². The third-order valence-corrected chi connectivity index (χ3v) is 2.60. The number of hydrogen-bond donors (Lipinski definition) is 2. The van der Waals surface area contributed by atoms with Crippen LogP contribution in [0, 0.1) is 0 Å². The minimum atomic E-state index is -0.511. The quantitative estimate of drug-likeness (QED) is 0.692. The average Bonchev–Trinajstić information content (AvgIpc) is 2.10. The summed E-state index contributed by atoms with van der Waals surface area (Å²) < 4.78 is 0. The largest absolute Gasteiger partial charge is 0.389 e. The fourth-order valence-corrected chi connectivity index (χ4v) is 1.33. The molecule has 0 rings (SSSR count). The van der Waals surface area contributed by atoms with Gasteiger partial charge in [0.15, 0.2) is 0 Å². The van der Waals surface area contributed by atoms with Gasteiger partial charge in [0.2, 0.25) is 0 Å². The lowest BCUT2D eigenvalue weighted by atomic mass is 9.92. The number of β-amino-alcohol motifs (C(OH)–C–C–N with tert-alkyl or cyclic N) is 1. The van der Waals surface area contributed by atoms with Crippen molar-refractivity contribution >= 4 is 0 Å². The molecule has 0 spiro atoms. The van der Waals surface area contributed by atoms with Crippen LogP contribution in [0.25, 0.3) is 0 Å². The first-order chi connectivity index (χ1) is 6.33. The van der Waals surface area contributed by atoms with Crippen molar-refractivity contribution in [3.05, 3.63) is 0 Å². The van der Waals surface area contributed by atoms with Crippen LogP contribution in [0.2, 0.25) is 0 Å². The maximum atomic E-state index is 10.3. The van der Waals surface area contributed by atoms with Gasteiger partial charge in [-0.05, 0) is 33.6 Å². The molecule has 0 aliphatic rings. The van der Waals surface area contributed by atoms with Gasteiger partial charge in [-0.15, -0.1) is 0 Å². The first-order valence-corrected chi connectivity index (χ1v) is 5.80. The summed E-state index contributed by atoms with van der Waals surface area (Å²) in [5.74, 6) is 0. The lowest BCUT2D eigenvalue weighted by Crippen LogP contribution is -2.47. The van der Waals surface area contributed by atoms with E-state index in [4.69, 9.17) is 0 Å². The zero-order chi connectivity index (χ0) is 11.2. The Labute approximate surface area is 89.1 Å². The Morgan fingerprint density at radius 3 is 2.07 bits per heavy atom. The van der Waals surface area contributed by atoms with E-state index in [2.05, 4.69) is 39.9 Å². The van der Waals surface area contributed by atoms with Gasteiger partial charge < -0.3 is 10.4 Å². The highest BCUT2D eigenvalue weighted by Crippen LogP contribution is 2.18. The summed E-state index contributed by atoms with van der Waals surface area (Å²) in [4.78, 5) is 0. The van der Waals surface area contributed by atoms with Crippen molar-refractivity contribution < 1.29 is 5.11 Å². The lowest BCUT2D eigenvalue weighted by Gasteiger charge is -2.31. The van der Waals surface area contributed by atoms with E-state index in [-0.39, 0.29) is 5.54 Å². The summed E-state index contributed by atoms with van der Waals surface area (Å²) in [5.41, 5.74) is -0.418. The topological polar surface area (TPSA) is 32.3 Å². The second-order valence-corrected chi connectivity index (χ2v) is 5.29. The minimum absolute atomic E-state index is 0.0926. The summed E-state index contributed by atoms with van der Waals surface area (Å²) in [6.45, 7) is 11.3. The van der Waals surface area contributed by atoms with E-state index in [0.29, 0.717) is 6.54 Å². The van der Waals surface area contributed by atoms with E-state index in [0.717, 1.165) is 25.7 Å². The van der Waals surface area contributed by atoms with Crippen LogP contribution in [-0.4, -0.2) is 22.8 Å². The highest BCUT2D eigenvalue weighted by Gasteiger charge is 2.25. The van der Waals surface area contributed by atoms with Crippen molar-refractivity contribution in [2.24, 2.45) is 0 Å². The van der Waals surface area contributed by atoms with Crippen LogP contribution in [0.3, 0.4) is 0 Å². The molecule has 2 nitrogen and oxygen atoms in total. The molecule has 0 bridgehead atoms. The normalized spacial score (nSPS) is 16.7. The third-order valence-electron chi connectivity index (χ3n) is 2.60. The van der Waals surface area contributed by atoms with E-state index in [1.54, 1.807) is 0 Å². The van der Waals surface area contributed by atoms with Crippen molar-refractivity contribution in [1.29, 1.82) is 0 Å². The number of nitrogens with one attached hydrogen (secondary N) is 1. The van der Waals surface area contributed by atoms with Crippen LogP contribution in [0.1, 0.15) is 60.3 Å². The molecule has 0 saturated heterocycles. The predicted octanol–water partition coefficient (Wildman–Crippen LogP) is 2.71. The van der Waals surface area contributed by atoms with Crippen LogP contribution < -0.4 is 5.32 Å². The van der Waals surface area contributed by atoms with Crippen molar-refractivity contribution in [1.82, 2.24) is 5.32 Å². The Bertz CT molecular complexity index is 151. The molecule has 1 unspecified atom stereocenters. The zero-order valence-electron chi connectivity index (χ0n) is 10.5. The van der Waals surface area contributed by atoms with Crippen molar-refractivity contribution in [3.8, 4) is 0 Å². The molecule has 2 heteroatoms. The van der Waals surface area contributed by atoms with Gasteiger partial charge in [-0.2, -0.15) is 0 Å². The summed E-state index contributed by atoms with van der Waals surface area (Å²) in [5, 5.41) is 13.6. The number of rotatable bonds is 6. The molecule has 0 aromatic carbocycles. The number of hydrogen-bond acceptors (Lipinski definition) is 2. The monoisotopic (exact) mass is 201 g/mol. The molecule has 1 atom stereocenters. The van der Waals surface area contributed by atoms with Crippen LogP contribution in [0.4, 0.5) is 0 Å². The third kappa shape index (κ3) is 6.39. The molecule has 0 aromatic rings. The summed E-state index contributed by atoms with van der Waals surface area (Å²) in [6, 6.07) is 0. The van der Waals surface area contributed by atoms with E-state index in [1.165, 1.54) is 0 Å². The Kier molecular flexibility index (Phi) is 5.68. The Balaban J connectivity index is 3.98. The molecular weight excluding hydrogens is 174 g/mol. The smallest absolute Gasteiger partial charge is 0.0769 e. The first-order valence-electron chi connectivity index (χ1n) is 5.80. The molecule has 14 heavy (non-hydrogen) atoms. The Hall–Kier alpha value is -0.0800. The van der Waals surface area contributed by atoms with Gasteiger partial charge in [0.25, 0.3) is 0 Å². The predicted molar refractivity (Wildman–Crippen MR) is 62.5 cm³/mol. The fraction of sp³-hybridized carbons (Fsp3) is 1.00. The molecule has 0 aromatic heterocycles. The minimum Gasteiger partial charge on any atom is -0.389 e. The fourth-order valence-electron chi connectivity index (χ4n) is 1.33. The van der Waals surface area contributed by atoms with Crippen molar-refractivity contribution in [2.75, 3.05) is 6.54 Å². The van der Waals surface area contributed by atoms with Gasteiger partial charge in [-0.1, -0.05) is 26.7 Å². The zero-order valence-corrected chi connectivity index (χ0v) is 10.5. The van der Waals surface area contributed by atoms with E-state index in [1.807, 2.05) is 0 Å². The van der Waals surface area contributed by atoms with Crippen LogP contribution in [-0.2, 0) is 0 Å². The molecule has 0 aliphatic heterocycles. The van der Waals surface area contributed by atoms with E-state index in [9.17, 15) is 5.11 Å². The van der Waals surface area contributed by atoms with Gasteiger partial charge in [-0.3, -0.25) is 0 Å². The highest BCUT2D eigenvalue weighted by atomic mass is 16.3. The number of unbranched alkanes of at least 4 members (excludes halogenated alkanes) is 1. The molecule has 0 fully saturated rings. The average molecular weight is 201 g/mol. The van der Waals surface area contributed by atoms with Gasteiger partial charge in [0.05, 0.1) is 5.60 Å². The molecular formula is C12H27NO. The molecule has 0 radical (unpaired) electrons. The van der Waals surface area contributed by atoms with Crippen LogP contribution in [0.5, 0.6) is 0 Å². The first kappa shape index (κ1) is 13.9. The molecule has 0 heterocycles. The van der Waals surface area contributed by atoms with E-state index >= 15 is 0 Å². The summed E-state index contributed by atoms with van der Waals surface area (Å²) >= 11 is 0. The standard InChI is InChI=1S/C12H27NO/c1-6-8-9-12(14,7-2)10-13-11(3,4)5/h13-14H,6-10H2,1-5H3. The molecule has 0 saturated carbocycles. The molecule has 0 amide bonds. The second-order valence-electron chi connectivity index (χ2n) is 5.29. The van der Waals surface area contributed by atoms with Gasteiger partial charge in [-0.25, -0.2) is 0 Å². The van der Waals surface area contributed by atoms with E-state index < -0.39 is 5.60 Å². The lowest BCUT2D eigenvalue weighted by molar-refractivity contribution is 0.0202. The van der Waals surface area contributed by atoms with Gasteiger partial charge in [0.1, 0.15) is 0 Å². The van der Waals surface area contributed by atoms with Crippen molar-refractivity contribution in [2.45, 2.75) is 71.4 Å². The maximum Gasteiger partial charge on any atom is 0.0769 e. The molecule has 2 N–H and O–H groups in total. The van der Waals surface area contributed by atoms with Gasteiger partial charge in [0, 0.05) is 12.1 Å². The SMILES string of the molecule is CCCCC(O)(CC)CNC(C)(C)C. The Morgan fingerprint density at radius 2 is 1.71 bits per heavy atom. The maximum absolute atomic E-state index is 10.3. The summed E-state index contributed by atoms with van der Waals surface area (Å²) in [6.07, 6.45) is 3.99. The van der Waals surface area contributed by atoms with Crippen LogP contribution >= 0.6 is 0 Å². The van der Waals surface area contributed by atoms with Crippen molar-refractivity contribution in [3.63, 3.8) is 0 Å². The molecule has 0 aliphatic carbocycles. The highest BCUT2D eigenvalue weighted by molar-refractivity contribution is 4.83. The second kappa shape index (κ2) is 5.72. The molecule has 86 valence electrons. The van der Waals surface area contributed by atoms with Gasteiger partial charge >= 0.3 is 0 Å².